The molecule has 0 heterocycles. The zero-order chi connectivity index (χ0) is 24.6. The number of carbonyl (C=O) groups excluding carboxylic acids is 1. The van der Waals surface area contributed by atoms with Crippen molar-refractivity contribution in [1.29, 1.82) is 0 Å². The van der Waals surface area contributed by atoms with E-state index in [0.29, 0.717) is 12.1 Å². The number of hydrogen-bond donors (Lipinski definition) is 1. The van der Waals surface area contributed by atoms with Crippen LogP contribution >= 0.6 is 0 Å². The third kappa shape index (κ3) is 4.32. The van der Waals surface area contributed by atoms with Crippen molar-refractivity contribution in [1.82, 2.24) is 0 Å². The van der Waals surface area contributed by atoms with Crippen molar-refractivity contribution in [3.63, 3.8) is 0 Å². The van der Waals surface area contributed by atoms with Gasteiger partial charge in [0.2, 0.25) is 0 Å². The molecule has 0 saturated heterocycles. The minimum atomic E-state index is -6.28. The maximum absolute atomic E-state index is 14.3. The predicted molar refractivity (Wildman–Crippen MR) is 98.4 cm³/mol. The molecule has 1 amide bonds. The van der Waals surface area contributed by atoms with Gasteiger partial charge in [0.25, 0.3) is 5.91 Å². The first-order chi connectivity index (χ1) is 14.5. The largest absolute Gasteiger partial charge is 0.490 e. The van der Waals surface area contributed by atoms with Gasteiger partial charge < -0.3 is 10.1 Å². The number of nitro benzene ring substituents is 1. The minimum absolute atomic E-state index is 0.137. The fourth-order valence-corrected chi connectivity index (χ4v) is 3.01. The van der Waals surface area contributed by atoms with Crippen LogP contribution in [0.15, 0.2) is 30.3 Å². The van der Waals surface area contributed by atoms with Crippen LogP contribution in [0.25, 0.3) is 0 Å². The lowest BCUT2D eigenvalue weighted by atomic mass is 9.90. The van der Waals surface area contributed by atoms with Crippen LogP contribution in [0, 0.1) is 24.0 Å². The molecule has 0 fully saturated rings. The van der Waals surface area contributed by atoms with Crippen molar-refractivity contribution in [2.75, 3.05) is 12.4 Å². The Kier molecular flexibility index (Phi) is 6.44. The number of nitrogens with one attached hydrogen (secondary N) is 1. The Labute approximate surface area is 176 Å². The van der Waals surface area contributed by atoms with E-state index in [0.717, 1.165) is 26.0 Å². The summed E-state index contributed by atoms with van der Waals surface area (Å²) in [5.41, 5.74) is -8.82. The summed E-state index contributed by atoms with van der Waals surface area (Å²) in [5.74, 6) is -1.07. The van der Waals surface area contributed by atoms with Gasteiger partial charge in [-0.05, 0) is 37.1 Å². The minimum Gasteiger partial charge on any atom is -0.490 e. The van der Waals surface area contributed by atoms with E-state index in [1.54, 1.807) is 0 Å². The molecular weight excluding hydrogens is 453 g/mol. The second-order valence-electron chi connectivity index (χ2n) is 6.74. The van der Waals surface area contributed by atoms with Gasteiger partial charge in [-0.3, -0.25) is 14.9 Å². The molecule has 2 rings (SSSR count). The number of alkyl halides is 7. The van der Waals surface area contributed by atoms with Crippen LogP contribution in [0.1, 0.15) is 27.0 Å². The normalized spacial score (nSPS) is 12.4. The summed E-state index contributed by atoms with van der Waals surface area (Å²) in [5, 5.41) is 13.4. The van der Waals surface area contributed by atoms with Gasteiger partial charge in [-0.15, -0.1) is 0 Å². The van der Waals surface area contributed by atoms with Gasteiger partial charge in [-0.25, -0.2) is 4.39 Å². The first-order valence-corrected chi connectivity index (χ1v) is 8.62. The van der Waals surface area contributed by atoms with Crippen molar-refractivity contribution in [3.8, 4) is 5.75 Å². The zero-order valence-corrected chi connectivity index (χ0v) is 16.6. The summed E-state index contributed by atoms with van der Waals surface area (Å²) in [4.78, 5) is 22.8. The lowest BCUT2D eigenvalue weighted by molar-refractivity contribution is -0.385. The van der Waals surface area contributed by atoms with Crippen molar-refractivity contribution >= 4 is 17.3 Å². The summed E-state index contributed by atoms with van der Waals surface area (Å²) in [7, 11) is 1.17. The maximum atomic E-state index is 14.3. The number of benzene rings is 2. The predicted octanol–water partition coefficient (Wildman–Crippen LogP) is 5.76. The second kappa shape index (κ2) is 8.28. The first-order valence-electron chi connectivity index (χ1n) is 8.62. The molecule has 0 bridgehead atoms. The molecule has 0 aliphatic rings. The zero-order valence-electron chi connectivity index (χ0n) is 16.6. The summed E-state index contributed by atoms with van der Waals surface area (Å²) < 4.78 is 97.2. The molecule has 174 valence electrons. The molecule has 0 atom stereocenters. The molecule has 0 aliphatic heterocycles. The lowest BCUT2D eigenvalue weighted by Crippen LogP contribution is -2.50. The number of aryl methyl sites for hydroxylation is 2. The monoisotopic (exact) mass is 468 g/mol. The fraction of sp³-hybridized carbons (Fsp3) is 0.316. The lowest BCUT2D eigenvalue weighted by Gasteiger charge is -2.31. The summed E-state index contributed by atoms with van der Waals surface area (Å²) in [6.45, 7) is 2.16. The number of ether oxygens (including phenoxy) is 1. The molecule has 0 saturated carbocycles. The van der Waals surface area contributed by atoms with Crippen molar-refractivity contribution in [3.05, 3.63) is 62.7 Å². The quantitative estimate of drug-likeness (QED) is 0.344. The highest BCUT2D eigenvalue weighted by molar-refractivity contribution is 6.05. The number of methoxy groups -OCH3 is 1. The van der Waals surface area contributed by atoms with Crippen molar-refractivity contribution < 1.29 is 45.2 Å². The average Bonchev–Trinajstić information content (AvgIpc) is 2.67. The second-order valence-corrected chi connectivity index (χ2v) is 6.74. The van der Waals surface area contributed by atoms with Crippen LogP contribution in [0.3, 0.4) is 0 Å². The highest BCUT2D eigenvalue weighted by Gasteiger charge is 2.73. The Bertz CT molecular complexity index is 1030. The van der Waals surface area contributed by atoms with E-state index in [9.17, 15) is 45.6 Å². The first kappa shape index (κ1) is 24.9. The van der Waals surface area contributed by atoms with E-state index < -0.39 is 40.1 Å². The van der Waals surface area contributed by atoms with Gasteiger partial charge in [0.05, 0.1) is 12.0 Å². The Hall–Kier alpha value is -3.38. The van der Waals surface area contributed by atoms with E-state index in [2.05, 4.69) is 5.32 Å². The summed E-state index contributed by atoms with van der Waals surface area (Å²) in [6, 6.07) is 3.85. The third-order valence-electron chi connectivity index (χ3n) is 4.59. The SMILES string of the molecule is COc1ccc(C(=O)Nc2c(C)cc(C(F)(C(F)(F)F)C(F)(F)F)cc2C)cc1[N+](=O)[O-]. The van der Waals surface area contributed by atoms with E-state index in [4.69, 9.17) is 4.74 Å². The molecule has 13 heteroatoms. The molecule has 2 aromatic carbocycles. The molecule has 0 aromatic heterocycles. The molecule has 0 aliphatic carbocycles. The van der Waals surface area contributed by atoms with E-state index in [1.165, 1.54) is 13.2 Å². The van der Waals surface area contributed by atoms with E-state index in [-0.39, 0.29) is 28.1 Å². The van der Waals surface area contributed by atoms with Crippen LogP contribution in [-0.2, 0) is 5.67 Å². The van der Waals surface area contributed by atoms with Gasteiger partial charge in [0.15, 0.2) is 5.75 Å². The number of nitro groups is 1. The van der Waals surface area contributed by atoms with Crippen LogP contribution in [-0.4, -0.2) is 30.3 Å². The van der Waals surface area contributed by atoms with Crippen LogP contribution < -0.4 is 10.1 Å². The number of hydrogen-bond acceptors (Lipinski definition) is 4. The van der Waals surface area contributed by atoms with Crippen molar-refractivity contribution in [2.45, 2.75) is 31.9 Å². The number of carbonyl (C=O) groups is 1. The standard InChI is InChI=1S/C19H15F7N2O4/c1-9-6-12(17(20,18(21,22)23)19(24,25)26)7-10(2)15(9)27-16(29)11-4-5-14(32-3)13(8-11)28(30)31/h4-8H,1-3H3,(H,27,29). The number of anilines is 1. The topological polar surface area (TPSA) is 81.5 Å². The van der Waals surface area contributed by atoms with E-state index in [1.807, 2.05) is 0 Å². The van der Waals surface area contributed by atoms with Crippen molar-refractivity contribution in [2.24, 2.45) is 0 Å². The summed E-state index contributed by atoms with van der Waals surface area (Å²) in [6.07, 6.45) is -12.6. The number of nitrogens with zero attached hydrogens (tertiary/aromatic N) is 1. The van der Waals surface area contributed by atoms with Crippen LogP contribution in [0.5, 0.6) is 5.75 Å². The fourth-order valence-electron chi connectivity index (χ4n) is 3.01. The van der Waals surface area contributed by atoms with Gasteiger partial charge >= 0.3 is 23.7 Å². The van der Waals surface area contributed by atoms with Gasteiger partial charge in [-0.1, -0.05) is 12.1 Å². The van der Waals surface area contributed by atoms with Gasteiger partial charge in [0, 0.05) is 22.9 Å². The highest BCUT2D eigenvalue weighted by atomic mass is 19.4. The highest BCUT2D eigenvalue weighted by Crippen LogP contribution is 2.53. The molecule has 0 unspecified atom stereocenters. The molecule has 2 aromatic rings. The third-order valence-corrected chi connectivity index (χ3v) is 4.59. The maximum Gasteiger partial charge on any atom is 0.435 e. The van der Waals surface area contributed by atoms with Crippen LogP contribution in [0.4, 0.5) is 42.1 Å². The number of rotatable bonds is 5. The Balaban J connectivity index is 2.49. The van der Waals surface area contributed by atoms with Gasteiger partial charge in [0.1, 0.15) is 0 Å². The van der Waals surface area contributed by atoms with Gasteiger partial charge in [-0.2, -0.15) is 26.3 Å². The molecule has 6 nitrogen and oxygen atoms in total. The molecule has 1 N–H and O–H groups in total. The Morgan fingerprint density at radius 2 is 1.47 bits per heavy atom. The Morgan fingerprint density at radius 1 is 0.969 bits per heavy atom. The number of halogens is 7. The molecule has 0 spiro atoms. The van der Waals surface area contributed by atoms with Crippen LogP contribution in [0.2, 0.25) is 0 Å². The average molecular weight is 468 g/mol. The number of amides is 1. The van der Waals surface area contributed by atoms with E-state index >= 15 is 0 Å². The Morgan fingerprint density at radius 3 is 1.88 bits per heavy atom. The molecule has 32 heavy (non-hydrogen) atoms. The molecule has 0 radical (unpaired) electrons. The smallest absolute Gasteiger partial charge is 0.435 e. The summed E-state index contributed by atoms with van der Waals surface area (Å²) >= 11 is 0. The molecular formula is C19H15F7N2O4.